The summed E-state index contributed by atoms with van der Waals surface area (Å²) >= 11 is 0. The molecule has 0 heterocycles. The maximum Gasteiger partial charge on any atom is 0.422 e. The summed E-state index contributed by atoms with van der Waals surface area (Å²) in [5, 5.41) is 10.1. The average Bonchev–Trinajstić information content (AvgIpc) is 2.24. The summed E-state index contributed by atoms with van der Waals surface area (Å²) in [4.78, 5) is 22.2. The van der Waals surface area contributed by atoms with Gasteiger partial charge in [0.15, 0.2) is 0 Å². The molecule has 5 nitrogen and oxygen atoms in total. The number of carbonyl (C=O) groups excluding carboxylic acids is 1. The summed E-state index contributed by atoms with van der Waals surface area (Å²) in [6.07, 6.45) is -4.62. The third-order valence-electron chi connectivity index (χ3n) is 2.93. The molecule has 1 amide bonds. The van der Waals surface area contributed by atoms with Crippen LogP contribution in [0.2, 0.25) is 0 Å². The van der Waals surface area contributed by atoms with E-state index < -0.39 is 29.6 Å². The topological polar surface area (TPSA) is 92.4 Å². The number of hydrogen-bond donors (Lipinski definition) is 3. The Morgan fingerprint density at radius 3 is 2.11 bits per heavy atom. The molecule has 0 fully saturated rings. The number of hydrogen-bond acceptors (Lipinski definition) is 3. The summed E-state index contributed by atoms with van der Waals surface area (Å²) in [6, 6.07) is -1.18. The first-order valence-corrected chi connectivity index (χ1v) is 5.35. The third-order valence-corrected chi connectivity index (χ3v) is 2.93. The van der Waals surface area contributed by atoms with Crippen molar-refractivity contribution in [1.82, 2.24) is 5.32 Å². The van der Waals surface area contributed by atoms with Gasteiger partial charge in [-0.15, -0.1) is 0 Å². The van der Waals surface area contributed by atoms with Gasteiger partial charge >= 0.3 is 12.1 Å². The van der Waals surface area contributed by atoms with Gasteiger partial charge in [0.2, 0.25) is 11.4 Å². The van der Waals surface area contributed by atoms with E-state index in [0.29, 0.717) is 13.3 Å². The molecule has 0 aliphatic heterocycles. The van der Waals surface area contributed by atoms with Gasteiger partial charge in [-0.2, -0.15) is 13.2 Å². The molecule has 0 rings (SSSR count). The number of carboxylic acids is 1. The molecule has 18 heavy (non-hydrogen) atoms. The molecule has 0 aromatic carbocycles. The molecular weight excluding hydrogens is 253 g/mol. The maximum absolute atomic E-state index is 12.6. The lowest BCUT2D eigenvalue weighted by molar-refractivity contribution is -0.207. The van der Waals surface area contributed by atoms with Crippen molar-refractivity contribution in [1.29, 1.82) is 0 Å². The third kappa shape index (κ3) is 3.34. The van der Waals surface area contributed by atoms with E-state index in [1.807, 2.05) is 0 Å². The van der Waals surface area contributed by atoms with Crippen LogP contribution in [0.3, 0.4) is 0 Å². The zero-order valence-electron chi connectivity index (χ0n) is 10.3. The van der Waals surface area contributed by atoms with Crippen LogP contribution >= 0.6 is 0 Å². The average molecular weight is 270 g/mol. The van der Waals surface area contributed by atoms with E-state index >= 15 is 0 Å². The summed E-state index contributed by atoms with van der Waals surface area (Å²) < 4.78 is 37.9. The van der Waals surface area contributed by atoms with Gasteiger partial charge in [0.1, 0.15) is 0 Å². The molecule has 0 aromatic heterocycles. The second-order valence-electron chi connectivity index (χ2n) is 4.33. The lowest BCUT2D eigenvalue weighted by Crippen LogP contribution is -2.64. The highest BCUT2D eigenvalue weighted by molar-refractivity contribution is 5.90. The Bertz CT molecular complexity index is 333. The van der Waals surface area contributed by atoms with Crippen molar-refractivity contribution in [3.8, 4) is 0 Å². The first-order valence-electron chi connectivity index (χ1n) is 5.35. The van der Waals surface area contributed by atoms with Crippen molar-refractivity contribution in [3.63, 3.8) is 0 Å². The van der Waals surface area contributed by atoms with Gasteiger partial charge in [0.05, 0.1) is 6.04 Å². The van der Waals surface area contributed by atoms with E-state index in [4.69, 9.17) is 10.8 Å². The molecule has 0 saturated carbocycles. The van der Waals surface area contributed by atoms with E-state index in [1.54, 1.807) is 13.8 Å². The molecule has 0 aliphatic rings. The highest BCUT2D eigenvalue weighted by Crippen LogP contribution is 2.30. The van der Waals surface area contributed by atoms with Crippen molar-refractivity contribution in [2.75, 3.05) is 0 Å². The highest BCUT2D eigenvalue weighted by Gasteiger charge is 2.58. The lowest BCUT2D eigenvalue weighted by atomic mass is 9.96. The Kier molecular flexibility index (Phi) is 5.15. The van der Waals surface area contributed by atoms with Crippen molar-refractivity contribution in [2.24, 2.45) is 11.7 Å². The normalized spacial score (nSPS) is 18.6. The smallest absolute Gasteiger partial charge is 0.422 e. The fourth-order valence-electron chi connectivity index (χ4n) is 1.09. The summed E-state index contributed by atoms with van der Waals surface area (Å²) in [7, 11) is 0. The van der Waals surface area contributed by atoms with Crippen LogP contribution in [-0.4, -0.2) is 34.7 Å². The molecule has 0 aliphatic carbocycles. The molecule has 106 valence electrons. The predicted octanol–water partition coefficient (Wildman–Crippen LogP) is 0.882. The molecule has 0 bridgehead atoms. The first kappa shape index (κ1) is 16.7. The van der Waals surface area contributed by atoms with Crippen LogP contribution in [0.1, 0.15) is 27.2 Å². The largest absolute Gasteiger partial charge is 0.479 e. The zero-order chi connectivity index (χ0) is 14.7. The van der Waals surface area contributed by atoms with Gasteiger partial charge < -0.3 is 16.2 Å². The van der Waals surface area contributed by atoms with Gasteiger partial charge in [-0.05, 0) is 12.8 Å². The number of halogens is 3. The molecule has 8 heteroatoms. The van der Waals surface area contributed by atoms with Crippen molar-refractivity contribution in [3.05, 3.63) is 0 Å². The van der Waals surface area contributed by atoms with Crippen LogP contribution in [0.5, 0.6) is 0 Å². The number of alkyl halides is 3. The summed E-state index contributed by atoms with van der Waals surface area (Å²) in [5.41, 5.74) is 2.11. The van der Waals surface area contributed by atoms with E-state index in [1.165, 1.54) is 5.32 Å². The molecule has 2 unspecified atom stereocenters. The monoisotopic (exact) mass is 270 g/mol. The van der Waals surface area contributed by atoms with Crippen molar-refractivity contribution >= 4 is 11.9 Å². The van der Waals surface area contributed by atoms with Gasteiger partial charge in [0.25, 0.3) is 0 Å². The van der Waals surface area contributed by atoms with Gasteiger partial charge in [-0.1, -0.05) is 20.3 Å². The summed E-state index contributed by atoms with van der Waals surface area (Å²) in [6.45, 7) is 3.70. The van der Waals surface area contributed by atoms with E-state index in [0.717, 1.165) is 0 Å². The lowest BCUT2D eigenvalue weighted by Gasteiger charge is -2.30. The fourth-order valence-corrected chi connectivity index (χ4v) is 1.09. The Hall–Kier alpha value is -1.31. The molecule has 0 spiro atoms. The number of nitrogens with two attached hydrogens (primary N) is 1. The van der Waals surface area contributed by atoms with Crippen LogP contribution in [0.4, 0.5) is 13.2 Å². The minimum absolute atomic E-state index is 0.351. The number of carboxylic acid groups (broad SMARTS) is 1. The number of rotatable bonds is 5. The fraction of sp³-hybridized carbons (Fsp3) is 0.800. The Morgan fingerprint density at radius 2 is 1.83 bits per heavy atom. The van der Waals surface area contributed by atoms with Crippen LogP contribution in [0.25, 0.3) is 0 Å². The number of aliphatic carboxylic acids is 1. The van der Waals surface area contributed by atoms with Gasteiger partial charge in [0, 0.05) is 0 Å². The Balaban J connectivity index is 5.04. The van der Waals surface area contributed by atoms with E-state index in [2.05, 4.69) is 0 Å². The highest BCUT2D eigenvalue weighted by atomic mass is 19.4. The van der Waals surface area contributed by atoms with Gasteiger partial charge in [-0.3, -0.25) is 4.79 Å². The van der Waals surface area contributed by atoms with Crippen LogP contribution in [0, 0.1) is 5.92 Å². The van der Waals surface area contributed by atoms with E-state index in [9.17, 15) is 22.8 Å². The maximum atomic E-state index is 12.6. The molecule has 3 atom stereocenters. The molecule has 0 radical (unpaired) electrons. The van der Waals surface area contributed by atoms with Crippen molar-refractivity contribution < 1.29 is 27.9 Å². The number of carbonyl (C=O) groups is 2. The standard InChI is InChI=1S/C10H17F3N2O3/c1-4-5(2)6(14)7(16)15-9(3,8(17)18)10(11,12)13/h5-6H,4,14H2,1-3H3,(H,15,16)(H,17,18)/t5?,6-,9?/m0/s1. The van der Waals surface area contributed by atoms with Crippen LogP contribution in [0.15, 0.2) is 0 Å². The Labute approximate surface area is 103 Å². The number of nitrogens with one attached hydrogen (secondary N) is 1. The first-order chi connectivity index (χ1) is 7.97. The second-order valence-corrected chi connectivity index (χ2v) is 4.33. The molecule has 4 N–H and O–H groups in total. The predicted molar refractivity (Wildman–Crippen MR) is 57.7 cm³/mol. The number of amides is 1. The Morgan fingerprint density at radius 1 is 1.39 bits per heavy atom. The van der Waals surface area contributed by atoms with Crippen LogP contribution in [-0.2, 0) is 9.59 Å². The van der Waals surface area contributed by atoms with Crippen LogP contribution < -0.4 is 11.1 Å². The second kappa shape index (κ2) is 5.55. The zero-order valence-corrected chi connectivity index (χ0v) is 10.3. The minimum atomic E-state index is -5.11. The van der Waals surface area contributed by atoms with Crippen molar-refractivity contribution in [2.45, 2.75) is 44.9 Å². The van der Waals surface area contributed by atoms with E-state index in [-0.39, 0.29) is 5.92 Å². The minimum Gasteiger partial charge on any atom is -0.479 e. The molecular formula is C10H17F3N2O3. The SMILES string of the molecule is CCC(C)[C@H](N)C(=O)NC(C)(C(=O)O)C(F)(F)F. The summed E-state index contributed by atoms with van der Waals surface area (Å²) in [5.74, 6) is -3.66. The van der Waals surface area contributed by atoms with Gasteiger partial charge in [-0.25, -0.2) is 4.79 Å². The molecule has 0 aromatic rings. The molecule has 0 saturated heterocycles. The quantitative estimate of drug-likeness (QED) is 0.691.